The fraction of sp³-hybridized carbons (Fsp3) is 0.111. The van der Waals surface area contributed by atoms with Crippen molar-refractivity contribution in [3.63, 3.8) is 0 Å². The number of carbonyl (C=O) groups is 1. The summed E-state index contributed by atoms with van der Waals surface area (Å²) in [5.41, 5.74) is 3.83. The molecule has 0 fully saturated rings. The lowest BCUT2D eigenvalue weighted by Crippen LogP contribution is -2.46. The predicted molar refractivity (Wildman–Crippen MR) is 94.0 cm³/mol. The van der Waals surface area contributed by atoms with Crippen LogP contribution < -0.4 is 10.6 Å². The van der Waals surface area contributed by atoms with E-state index in [4.69, 9.17) is 4.98 Å². The first-order chi connectivity index (χ1) is 11.2. The molecule has 1 aliphatic rings. The average Bonchev–Trinajstić information content (AvgIpc) is 2.98. The predicted octanol–water partition coefficient (Wildman–Crippen LogP) is 3.87. The van der Waals surface area contributed by atoms with E-state index in [0.29, 0.717) is 0 Å². The van der Waals surface area contributed by atoms with E-state index in [2.05, 4.69) is 16.7 Å². The molecule has 0 saturated carbocycles. The number of amides is 2. The van der Waals surface area contributed by atoms with Gasteiger partial charge in [0.15, 0.2) is 0 Å². The maximum Gasteiger partial charge on any atom is 0.319 e. The number of fused-ring (bicyclic) bond motifs is 1. The first kappa shape index (κ1) is 14.0. The highest BCUT2D eigenvalue weighted by molar-refractivity contribution is 7.19. The molecule has 0 spiro atoms. The zero-order valence-electron chi connectivity index (χ0n) is 12.5. The van der Waals surface area contributed by atoms with Crippen LogP contribution in [0, 0.1) is 0 Å². The quantitative estimate of drug-likeness (QED) is 0.753. The molecule has 4 rings (SSSR count). The normalized spacial score (nSPS) is 18.0. The third kappa shape index (κ3) is 2.49. The van der Waals surface area contributed by atoms with Crippen LogP contribution in [0.1, 0.15) is 17.5 Å². The van der Waals surface area contributed by atoms with Gasteiger partial charge in [-0.15, -0.1) is 11.3 Å². The fourth-order valence-electron chi connectivity index (χ4n) is 2.81. The van der Waals surface area contributed by atoms with Crippen molar-refractivity contribution < 1.29 is 4.79 Å². The zero-order valence-corrected chi connectivity index (χ0v) is 13.4. The van der Waals surface area contributed by atoms with Crippen molar-refractivity contribution in [2.45, 2.75) is 13.0 Å². The van der Waals surface area contributed by atoms with Gasteiger partial charge in [0.25, 0.3) is 0 Å². The Kier molecular flexibility index (Phi) is 3.35. The van der Waals surface area contributed by atoms with Crippen LogP contribution in [0.25, 0.3) is 21.5 Å². The number of benzene rings is 2. The van der Waals surface area contributed by atoms with Gasteiger partial charge in [-0.1, -0.05) is 42.5 Å². The average molecular weight is 321 g/mol. The van der Waals surface area contributed by atoms with Crippen LogP contribution >= 0.6 is 11.3 Å². The summed E-state index contributed by atoms with van der Waals surface area (Å²) >= 11 is 1.65. The Hall–Kier alpha value is -2.66. The minimum atomic E-state index is -0.179. The fourth-order valence-corrected chi connectivity index (χ4v) is 3.92. The van der Waals surface area contributed by atoms with Crippen molar-refractivity contribution in [3.05, 3.63) is 65.2 Å². The molecule has 1 aromatic heterocycles. The van der Waals surface area contributed by atoms with E-state index < -0.39 is 0 Å². The molecule has 0 radical (unpaired) electrons. The number of urea groups is 1. The molecule has 0 aliphatic carbocycles. The van der Waals surface area contributed by atoms with Crippen LogP contribution in [-0.2, 0) is 0 Å². The molecule has 23 heavy (non-hydrogen) atoms. The lowest BCUT2D eigenvalue weighted by molar-refractivity contribution is 0.242. The van der Waals surface area contributed by atoms with Crippen molar-refractivity contribution >= 4 is 38.9 Å². The number of hydrogen-bond donors (Lipinski definition) is 2. The number of para-hydroxylation sites is 1. The van der Waals surface area contributed by atoms with Crippen LogP contribution in [-0.4, -0.2) is 17.1 Å². The molecule has 114 valence electrons. The van der Waals surface area contributed by atoms with Crippen molar-refractivity contribution in [1.29, 1.82) is 0 Å². The number of thiazole rings is 1. The van der Waals surface area contributed by atoms with E-state index >= 15 is 0 Å². The lowest BCUT2D eigenvalue weighted by Gasteiger charge is -2.27. The van der Waals surface area contributed by atoms with E-state index in [1.807, 2.05) is 55.5 Å². The number of hydrogen-bond acceptors (Lipinski definition) is 3. The first-order valence-electron chi connectivity index (χ1n) is 7.45. The molecule has 5 heteroatoms. The molecule has 4 nitrogen and oxygen atoms in total. The zero-order chi connectivity index (χ0) is 15.8. The molecule has 1 aliphatic heterocycles. The maximum absolute atomic E-state index is 11.9. The number of rotatable bonds is 2. The Morgan fingerprint density at radius 2 is 1.78 bits per heavy atom. The van der Waals surface area contributed by atoms with Gasteiger partial charge in [-0.2, -0.15) is 0 Å². The minimum absolute atomic E-state index is 0.0977. The molecule has 2 heterocycles. The van der Waals surface area contributed by atoms with Gasteiger partial charge in [-0.25, -0.2) is 9.78 Å². The van der Waals surface area contributed by atoms with E-state index in [9.17, 15) is 4.79 Å². The SMILES string of the molecule is C[C@H]1NC(=O)NC(c2ccccc2)=C1c1nc2ccccc2s1. The Bertz CT molecular complexity index is 881. The standard InChI is InChI=1S/C18H15N3OS/c1-11-15(17-20-13-9-5-6-10-14(13)23-17)16(21-18(22)19-11)12-7-3-2-4-8-12/h2-11H,1H3,(H2,19,21,22)/t11-/m1/s1. The number of aromatic nitrogens is 1. The first-order valence-corrected chi connectivity index (χ1v) is 8.27. The highest BCUT2D eigenvalue weighted by Crippen LogP contribution is 2.34. The topological polar surface area (TPSA) is 54.0 Å². The molecule has 2 N–H and O–H groups in total. The molecular formula is C18H15N3OS. The Morgan fingerprint density at radius 1 is 1.04 bits per heavy atom. The third-order valence-corrected chi connectivity index (χ3v) is 4.94. The Balaban J connectivity index is 1.94. The largest absolute Gasteiger partial charge is 0.331 e. The summed E-state index contributed by atoms with van der Waals surface area (Å²) in [5, 5.41) is 6.82. The molecule has 0 unspecified atom stereocenters. The van der Waals surface area contributed by atoms with Crippen LogP contribution in [0.2, 0.25) is 0 Å². The van der Waals surface area contributed by atoms with Crippen molar-refractivity contribution in [2.75, 3.05) is 0 Å². The highest BCUT2D eigenvalue weighted by Gasteiger charge is 2.27. The summed E-state index contributed by atoms with van der Waals surface area (Å²) in [6.07, 6.45) is 0. The number of nitrogens with one attached hydrogen (secondary N) is 2. The van der Waals surface area contributed by atoms with Crippen molar-refractivity contribution in [1.82, 2.24) is 15.6 Å². The van der Waals surface area contributed by atoms with E-state index in [0.717, 1.165) is 32.1 Å². The molecule has 0 bridgehead atoms. The highest BCUT2D eigenvalue weighted by atomic mass is 32.1. The van der Waals surface area contributed by atoms with E-state index in [1.165, 1.54) is 0 Å². The van der Waals surface area contributed by atoms with Gasteiger partial charge in [0.2, 0.25) is 0 Å². The molecule has 2 amide bonds. The second-order valence-corrected chi connectivity index (χ2v) is 6.49. The second-order valence-electron chi connectivity index (χ2n) is 5.46. The Labute approximate surface area is 137 Å². The summed E-state index contributed by atoms with van der Waals surface area (Å²) < 4.78 is 1.14. The van der Waals surface area contributed by atoms with Crippen LogP contribution in [0.3, 0.4) is 0 Å². The number of carbonyl (C=O) groups excluding carboxylic acids is 1. The Morgan fingerprint density at radius 3 is 2.57 bits per heavy atom. The maximum atomic E-state index is 11.9. The summed E-state index contributed by atoms with van der Waals surface area (Å²) in [7, 11) is 0. The van der Waals surface area contributed by atoms with E-state index in [-0.39, 0.29) is 12.1 Å². The van der Waals surface area contributed by atoms with Gasteiger partial charge < -0.3 is 10.6 Å². The van der Waals surface area contributed by atoms with Gasteiger partial charge in [-0.05, 0) is 24.6 Å². The number of nitrogens with zero attached hydrogens (tertiary/aromatic N) is 1. The molecule has 1 atom stereocenters. The minimum Gasteiger partial charge on any atom is -0.331 e. The van der Waals surface area contributed by atoms with Crippen LogP contribution in [0.5, 0.6) is 0 Å². The summed E-state index contributed by atoms with van der Waals surface area (Å²) in [5.74, 6) is 0. The van der Waals surface area contributed by atoms with Gasteiger partial charge in [-0.3, -0.25) is 0 Å². The van der Waals surface area contributed by atoms with Gasteiger partial charge in [0.05, 0.1) is 22.0 Å². The monoisotopic (exact) mass is 321 g/mol. The summed E-state index contributed by atoms with van der Waals surface area (Å²) in [4.78, 5) is 16.7. The molecular weight excluding hydrogens is 306 g/mol. The second kappa shape index (κ2) is 5.52. The lowest BCUT2D eigenvalue weighted by atomic mass is 9.99. The van der Waals surface area contributed by atoms with Gasteiger partial charge in [0.1, 0.15) is 5.01 Å². The molecule has 0 saturated heterocycles. The van der Waals surface area contributed by atoms with Crippen LogP contribution in [0.15, 0.2) is 54.6 Å². The third-order valence-electron chi connectivity index (χ3n) is 3.88. The van der Waals surface area contributed by atoms with Crippen molar-refractivity contribution in [3.8, 4) is 0 Å². The molecule has 2 aromatic carbocycles. The summed E-state index contributed by atoms with van der Waals surface area (Å²) in [6.45, 7) is 1.99. The van der Waals surface area contributed by atoms with Crippen LogP contribution in [0.4, 0.5) is 4.79 Å². The summed E-state index contributed by atoms with van der Waals surface area (Å²) in [6, 6.07) is 17.7. The van der Waals surface area contributed by atoms with Gasteiger partial charge >= 0.3 is 6.03 Å². The smallest absolute Gasteiger partial charge is 0.319 e. The van der Waals surface area contributed by atoms with Gasteiger partial charge in [0, 0.05) is 5.57 Å². The van der Waals surface area contributed by atoms with Crippen molar-refractivity contribution in [2.24, 2.45) is 0 Å². The molecule has 3 aromatic rings. The van der Waals surface area contributed by atoms with E-state index in [1.54, 1.807) is 11.3 Å².